The number of carbonyl (C=O) groups excluding carboxylic acids is 1. The van der Waals surface area contributed by atoms with Gasteiger partial charge in [-0.15, -0.1) is 12.4 Å². The fraction of sp³-hybridized carbons (Fsp3) is 0.300. The van der Waals surface area contributed by atoms with E-state index in [-0.39, 0.29) is 40.4 Å². The molecule has 0 bridgehead atoms. The van der Waals surface area contributed by atoms with E-state index in [1.54, 1.807) is 0 Å². The van der Waals surface area contributed by atoms with Crippen molar-refractivity contribution in [3.05, 3.63) is 23.8 Å². The third kappa shape index (κ3) is 5.17. The number of hydrogen-bond donors (Lipinski definition) is 2. The Morgan fingerprint density at radius 3 is 2.53 bits per heavy atom. The third-order valence-electron chi connectivity index (χ3n) is 2.02. The predicted molar refractivity (Wildman–Crippen MR) is 66.2 cm³/mol. The van der Waals surface area contributed by atoms with E-state index in [9.17, 15) is 23.1 Å². The van der Waals surface area contributed by atoms with Crippen molar-refractivity contribution in [2.45, 2.75) is 16.4 Å². The molecule has 3 N–H and O–H groups in total. The highest BCUT2D eigenvalue weighted by molar-refractivity contribution is 8.00. The monoisotopic (exact) mass is 317 g/mol. The summed E-state index contributed by atoms with van der Waals surface area (Å²) in [6.07, 6.45) is 0. The van der Waals surface area contributed by atoms with Crippen LogP contribution >= 0.6 is 24.2 Å². The smallest absolute Gasteiger partial charge is 0.446 e. The lowest BCUT2D eigenvalue weighted by molar-refractivity contribution is -0.142. The number of benzene rings is 1. The second kappa shape index (κ2) is 6.88. The first kappa shape index (κ1) is 17.9. The molecule has 108 valence electrons. The third-order valence-corrected chi connectivity index (χ3v) is 2.74. The molecular weight excluding hydrogens is 307 g/mol. The van der Waals surface area contributed by atoms with E-state index in [4.69, 9.17) is 5.73 Å². The Balaban J connectivity index is 0.00000324. The average molecular weight is 318 g/mol. The number of phenolic OH excluding ortho intramolecular Hbond substituents is 1. The van der Waals surface area contributed by atoms with Gasteiger partial charge in [0.1, 0.15) is 11.8 Å². The van der Waals surface area contributed by atoms with Gasteiger partial charge in [-0.05, 0) is 30.0 Å². The van der Waals surface area contributed by atoms with Crippen LogP contribution in [0.1, 0.15) is 11.6 Å². The van der Waals surface area contributed by atoms with Crippen LogP contribution in [-0.4, -0.2) is 23.7 Å². The summed E-state index contributed by atoms with van der Waals surface area (Å²) in [6.45, 7) is 0. The standard InChI is InChI=1S/C10H10F3NO3S.ClH/c1-17-9(16)8(14)6-4-5(2-3-7(6)15)18-10(11,12)13;/h2-4,8,15H,14H2,1H3;1H/t8-;/m0./s1. The van der Waals surface area contributed by atoms with Crippen molar-refractivity contribution in [1.29, 1.82) is 0 Å². The van der Waals surface area contributed by atoms with Crippen molar-refractivity contribution in [1.82, 2.24) is 0 Å². The van der Waals surface area contributed by atoms with Crippen LogP contribution in [0.25, 0.3) is 0 Å². The Hall–Kier alpha value is -1.12. The molecule has 0 saturated heterocycles. The molecule has 1 aromatic rings. The van der Waals surface area contributed by atoms with Crippen molar-refractivity contribution in [3.8, 4) is 5.75 Å². The molecule has 19 heavy (non-hydrogen) atoms. The number of thioether (sulfide) groups is 1. The maximum Gasteiger partial charge on any atom is 0.446 e. The van der Waals surface area contributed by atoms with Crippen LogP contribution in [0.15, 0.2) is 23.1 Å². The van der Waals surface area contributed by atoms with Gasteiger partial charge in [-0.1, -0.05) is 0 Å². The van der Waals surface area contributed by atoms with Crippen molar-refractivity contribution in [2.24, 2.45) is 5.73 Å². The number of aromatic hydroxyl groups is 1. The number of hydrogen-bond acceptors (Lipinski definition) is 5. The van der Waals surface area contributed by atoms with Crippen LogP contribution in [0.4, 0.5) is 13.2 Å². The van der Waals surface area contributed by atoms with E-state index in [1.165, 1.54) is 0 Å². The summed E-state index contributed by atoms with van der Waals surface area (Å²) in [4.78, 5) is 11.0. The quantitative estimate of drug-likeness (QED) is 0.662. The number of ether oxygens (including phenoxy) is 1. The minimum absolute atomic E-state index is 0. The summed E-state index contributed by atoms with van der Waals surface area (Å²) in [5.74, 6) is -1.21. The summed E-state index contributed by atoms with van der Waals surface area (Å²) in [5, 5.41) is 9.47. The van der Waals surface area contributed by atoms with Crippen LogP contribution in [0, 0.1) is 0 Å². The topological polar surface area (TPSA) is 72.5 Å². The number of alkyl halides is 3. The van der Waals surface area contributed by atoms with Gasteiger partial charge < -0.3 is 15.6 Å². The van der Waals surface area contributed by atoms with Gasteiger partial charge in [0.2, 0.25) is 0 Å². The Kier molecular flexibility index (Phi) is 6.47. The lowest BCUT2D eigenvalue weighted by atomic mass is 10.1. The van der Waals surface area contributed by atoms with Gasteiger partial charge >= 0.3 is 11.5 Å². The van der Waals surface area contributed by atoms with E-state index in [1.807, 2.05) is 0 Å². The summed E-state index contributed by atoms with van der Waals surface area (Å²) < 4.78 is 40.9. The fourth-order valence-electron chi connectivity index (χ4n) is 1.23. The minimum atomic E-state index is -4.45. The van der Waals surface area contributed by atoms with E-state index < -0.39 is 17.5 Å². The molecule has 1 aromatic carbocycles. The van der Waals surface area contributed by atoms with Gasteiger partial charge in [0.15, 0.2) is 0 Å². The lowest BCUT2D eigenvalue weighted by Crippen LogP contribution is -2.22. The maximum absolute atomic E-state index is 12.2. The second-order valence-corrected chi connectivity index (χ2v) is 4.41. The molecule has 4 nitrogen and oxygen atoms in total. The Morgan fingerprint density at radius 2 is 2.05 bits per heavy atom. The van der Waals surface area contributed by atoms with Gasteiger partial charge in [0.05, 0.1) is 7.11 Å². The number of halogens is 4. The van der Waals surface area contributed by atoms with Crippen LogP contribution < -0.4 is 5.73 Å². The summed E-state index contributed by atoms with van der Waals surface area (Å²) in [5.41, 5.74) is 0.888. The van der Waals surface area contributed by atoms with Crippen molar-refractivity contribution in [3.63, 3.8) is 0 Å². The molecule has 0 aliphatic heterocycles. The van der Waals surface area contributed by atoms with Gasteiger partial charge in [-0.2, -0.15) is 13.2 Å². The molecular formula is C10H11ClF3NO3S. The SMILES string of the molecule is COC(=O)[C@@H](N)c1cc(SC(F)(F)F)ccc1O.Cl. The molecule has 0 radical (unpaired) electrons. The highest BCUT2D eigenvalue weighted by Gasteiger charge is 2.30. The lowest BCUT2D eigenvalue weighted by Gasteiger charge is -2.13. The number of esters is 1. The summed E-state index contributed by atoms with van der Waals surface area (Å²) >= 11 is -0.358. The molecule has 0 unspecified atom stereocenters. The first-order chi connectivity index (χ1) is 8.24. The van der Waals surface area contributed by atoms with Gasteiger partial charge in [0.25, 0.3) is 0 Å². The molecule has 0 amide bonds. The van der Waals surface area contributed by atoms with Crippen molar-refractivity contribution >= 4 is 30.1 Å². The van der Waals surface area contributed by atoms with Crippen LogP contribution in [0.3, 0.4) is 0 Å². The van der Waals surface area contributed by atoms with Crippen LogP contribution in [0.5, 0.6) is 5.75 Å². The number of rotatable bonds is 3. The highest BCUT2D eigenvalue weighted by Crippen LogP contribution is 2.39. The number of nitrogens with two attached hydrogens (primary N) is 1. The number of carbonyl (C=O) groups is 1. The summed E-state index contributed by atoms with van der Waals surface area (Å²) in [6, 6.07) is 1.81. The molecule has 0 fully saturated rings. The molecule has 9 heteroatoms. The molecule has 0 aliphatic rings. The summed E-state index contributed by atoms with van der Waals surface area (Å²) in [7, 11) is 1.09. The first-order valence-corrected chi connectivity index (χ1v) is 5.48. The van der Waals surface area contributed by atoms with E-state index >= 15 is 0 Å². The zero-order valence-corrected chi connectivity index (χ0v) is 11.2. The molecule has 0 aromatic heterocycles. The molecule has 1 atom stereocenters. The van der Waals surface area contributed by atoms with Crippen molar-refractivity contribution in [2.75, 3.05) is 7.11 Å². The van der Waals surface area contributed by atoms with E-state index in [0.29, 0.717) is 0 Å². The molecule has 0 heterocycles. The zero-order chi connectivity index (χ0) is 13.9. The fourth-order valence-corrected chi connectivity index (χ4v) is 1.82. The van der Waals surface area contributed by atoms with Crippen molar-refractivity contribution < 1.29 is 27.8 Å². The van der Waals surface area contributed by atoms with Gasteiger partial charge in [-0.25, -0.2) is 0 Å². The minimum Gasteiger partial charge on any atom is -0.508 e. The van der Waals surface area contributed by atoms with Gasteiger partial charge in [0, 0.05) is 10.5 Å². The molecule has 0 spiro atoms. The maximum atomic E-state index is 12.2. The van der Waals surface area contributed by atoms with E-state index in [0.717, 1.165) is 25.3 Å². The van der Waals surface area contributed by atoms with Crippen LogP contribution in [0.2, 0.25) is 0 Å². The highest BCUT2D eigenvalue weighted by atomic mass is 35.5. The average Bonchev–Trinajstić information content (AvgIpc) is 2.28. The first-order valence-electron chi connectivity index (χ1n) is 4.66. The number of phenols is 1. The zero-order valence-electron chi connectivity index (χ0n) is 9.60. The van der Waals surface area contributed by atoms with Gasteiger partial charge in [-0.3, -0.25) is 4.79 Å². The second-order valence-electron chi connectivity index (χ2n) is 3.27. The predicted octanol–water partition coefficient (Wildman–Crippen LogP) is 2.60. The van der Waals surface area contributed by atoms with Crippen LogP contribution in [-0.2, 0) is 9.53 Å². The molecule has 0 saturated carbocycles. The normalized spacial score (nSPS) is 12.5. The molecule has 0 aliphatic carbocycles. The Morgan fingerprint density at radius 1 is 1.47 bits per heavy atom. The largest absolute Gasteiger partial charge is 0.508 e. The molecule has 1 rings (SSSR count). The number of methoxy groups -OCH3 is 1. The Bertz CT molecular complexity index is 456. The van der Waals surface area contributed by atoms with E-state index in [2.05, 4.69) is 4.74 Å². The Labute approximate surface area is 117 Å².